The lowest BCUT2D eigenvalue weighted by Gasteiger charge is -2.13. The number of hydrogen-bond donors (Lipinski definition) is 4. The number of guanidine groups is 1. The molecule has 2 aromatic rings. The minimum Gasteiger partial charge on any atom is -0.368 e. The van der Waals surface area contributed by atoms with Gasteiger partial charge in [0.1, 0.15) is 0 Å². The van der Waals surface area contributed by atoms with Crippen LogP contribution < -0.4 is 21.7 Å². The van der Waals surface area contributed by atoms with Crippen molar-refractivity contribution in [2.24, 2.45) is 10.7 Å². The lowest BCUT2D eigenvalue weighted by molar-refractivity contribution is -0.117. The van der Waals surface area contributed by atoms with E-state index in [1.165, 1.54) is 0 Å². The second-order valence-electron chi connectivity index (χ2n) is 5.86. The summed E-state index contributed by atoms with van der Waals surface area (Å²) >= 11 is 12.1. The van der Waals surface area contributed by atoms with Crippen LogP contribution in [0.25, 0.3) is 0 Å². The monoisotopic (exact) mass is 549 g/mol. The third-order valence-corrected chi connectivity index (χ3v) is 4.37. The average Bonchev–Trinajstić information content (AvgIpc) is 2.68. The van der Waals surface area contributed by atoms with Gasteiger partial charge in [-0.2, -0.15) is 0 Å². The second kappa shape index (κ2) is 12.5. The molecule has 0 radical (unpaired) electrons. The van der Waals surface area contributed by atoms with E-state index >= 15 is 0 Å². The number of rotatable bonds is 7. The summed E-state index contributed by atoms with van der Waals surface area (Å²) in [7, 11) is 1.67. The first-order valence-corrected chi connectivity index (χ1v) is 9.18. The lowest BCUT2D eigenvalue weighted by atomic mass is 10.1. The van der Waals surface area contributed by atoms with Crippen molar-refractivity contribution >= 4 is 65.0 Å². The molecule has 0 aliphatic heterocycles. The summed E-state index contributed by atoms with van der Waals surface area (Å²) in [5.74, 6) is -0.335. The molecule has 0 bridgehead atoms. The van der Waals surface area contributed by atoms with Crippen LogP contribution in [-0.2, 0) is 17.9 Å². The molecular weight excluding hydrogens is 528 g/mol. The number of carbonyl (C=O) groups is 2. The number of halogens is 3. The number of amides is 2. The zero-order valence-corrected chi connectivity index (χ0v) is 19.5. The minimum absolute atomic E-state index is 0. The Kier molecular flexibility index (Phi) is 10.8. The van der Waals surface area contributed by atoms with Crippen LogP contribution in [0.1, 0.15) is 21.5 Å². The fourth-order valence-electron chi connectivity index (χ4n) is 2.29. The molecule has 7 nitrogen and oxygen atoms in total. The highest BCUT2D eigenvalue weighted by Crippen LogP contribution is 2.20. The van der Waals surface area contributed by atoms with Crippen LogP contribution in [0.15, 0.2) is 47.5 Å². The summed E-state index contributed by atoms with van der Waals surface area (Å²) in [4.78, 5) is 26.7. The van der Waals surface area contributed by atoms with E-state index in [9.17, 15) is 9.59 Å². The van der Waals surface area contributed by atoms with Gasteiger partial charge in [0.25, 0.3) is 5.91 Å². The SMILES string of the molecule is CN=C(NCc1ccc(C(=O)NCC(N)=O)cc1)NCc1ccc(Cl)cc1Cl.I. The van der Waals surface area contributed by atoms with Gasteiger partial charge in [-0.05, 0) is 35.4 Å². The van der Waals surface area contributed by atoms with E-state index in [1.807, 2.05) is 18.2 Å². The van der Waals surface area contributed by atoms with Crippen LogP contribution in [0, 0.1) is 0 Å². The molecular formula is C19H22Cl2IN5O2. The van der Waals surface area contributed by atoms with E-state index in [0.717, 1.165) is 11.1 Å². The highest BCUT2D eigenvalue weighted by molar-refractivity contribution is 14.0. The zero-order chi connectivity index (χ0) is 20.5. The van der Waals surface area contributed by atoms with Gasteiger partial charge in [-0.25, -0.2) is 0 Å². The van der Waals surface area contributed by atoms with Crippen molar-refractivity contribution in [3.05, 3.63) is 69.2 Å². The molecule has 10 heteroatoms. The molecule has 2 aromatic carbocycles. The van der Waals surface area contributed by atoms with Crippen LogP contribution >= 0.6 is 47.2 Å². The fraction of sp³-hybridized carbons (Fsp3) is 0.211. The number of nitrogens with one attached hydrogen (secondary N) is 3. The van der Waals surface area contributed by atoms with Gasteiger partial charge in [0, 0.05) is 35.7 Å². The summed E-state index contributed by atoms with van der Waals surface area (Å²) < 4.78 is 0. The molecule has 0 saturated heterocycles. The molecule has 0 heterocycles. The number of primary amides is 1. The van der Waals surface area contributed by atoms with Gasteiger partial charge in [-0.15, -0.1) is 24.0 Å². The number of hydrogen-bond acceptors (Lipinski definition) is 3. The van der Waals surface area contributed by atoms with Gasteiger partial charge in [-0.3, -0.25) is 14.6 Å². The van der Waals surface area contributed by atoms with Gasteiger partial charge < -0.3 is 21.7 Å². The van der Waals surface area contributed by atoms with Crippen LogP contribution in [0.5, 0.6) is 0 Å². The van der Waals surface area contributed by atoms with Crippen molar-refractivity contribution in [2.75, 3.05) is 13.6 Å². The fourth-order valence-corrected chi connectivity index (χ4v) is 2.77. The topological polar surface area (TPSA) is 109 Å². The summed E-state index contributed by atoms with van der Waals surface area (Å²) in [6, 6.07) is 12.3. The summed E-state index contributed by atoms with van der Waals surface area (Å²) in [6.07, 6.45) is 0. The van der Waals surface area contributed by atoms with Crippen LogP contribution in [0.3, 0.4) is 0 Å². The molecule has 5 N–H and O–H groups in total. The highest BCUT2D eigenvalue weighted by Gasteiger charge is 2.07. The maximum atomic E-state index is 11.9. The molecule has 0 aromatic heterocycles. The molecule has 29 heavy (non-hydrogen) atoms. The second-order valence-corrected chi connectivity index (χ2v) is 6.70. The standard InChI is InChI=1S/C19H21Cl2N5O2.HI/c1-23-19(26-10-14-6-7-15(20)8-16(14)21)25-9-12-2-4-13(5-3-12)18(28)24-11-17(22)27;/h2-8H,9-11H2,1H3,(H2,22,27)(H,24,28)(H2,23,25,26);1H. The predicted molar refractivity (Wildman–Crippen MR) is 127 cm³/mol. The van der Waals surface area contributed by atoms with Gasteiger partial charge in [0.15, 0.2) is 5.96 Å². The Balaban J connectivity index is 0.00000420. The molecule has 2 amide bonds. The van der Waals surface area contributed by atoms with Crippen molar-refractivity contribution in [3.8, 4) is 0 Å². The van der Waals surface area contributed by atoms with Crippen molar-refractivity contribution in [1.29, 1.82) is 0 Å². The summed E-state index contributed by atoms with van der Waals surface area (Å²) in [5.41, 5.74) is 7.32. The Bertz CT molecular complexity index is 875. The van der Waals surface area contributed by atoms with E-state index in [2.05, 4.69) is 20.9 Å². The predicted octanol–water partition coefficient (Wildman–Crippen LogP) is 2.69. The summed E-state index contributed by atoms with van der Waals surface area (Å²) in [5, 5.41) is 9.97. The van der Waals surface area contributed by atoms with Gasteiger partial charge in [0.2, 0.25) is 5.91 Å². The molecule has 0 aliphatic rings. The third kappa shape index (κ3) is 8.46. The first-order chi connectivity index (χ1) is 13.4. The Labute approximate surface area is 196 Å². The molecule has 0 atom stereocenters. The third-order valence-electron chi connectivity index (χ3n) is 3.78. The van der Waals surface area contributed by atoms with E-state index in [4.69, 9.17) is 28.9 Å². The molecule has 2 rings (SSSR count). The average molecular weight is 550 g/mol. The maximum Gasteiger partial charge on any atom is 0.251 e. The van der Waals surface area contributed by atoms with E-state index < -0.39 is 5.91 Å². The zero-order valence-electron chi connectivity index (χ0n) is 15.7. The molecule has 0 aliphatic carbocycles. The van der Waals surface area contributed by atoms with Crippen LogP contribution in [0.4, 0.5) is 0 Å². The quantitative estimate of drug-likeness (QED) is 0.242. The highest BCUT2D eigenvalue weighted by atomic mass is 127. The van der Waals surface area contributed by atoms with Crippen molar-refractivity contribution < 1.29 is 9.59 Å². The Hall–Kier alpha value is -2.04. The number of nitrogens with zero attached hydrogens (tertiary/aromatic N) is 1. The maximum absolute atomic E-state index is 11.9. The lowest BCUT2D eigenvalue weighted by Crippen LogP contribution is -2.36. The first-order valence-electron chi connectivity index (χ1n) is 8.43. The smallest absolute Gasteiger partial charge is 0.251 e. The first kappa shape index (κ1) is 25.0. The molecule has 0 spiro atoms. The van der Waals surface area contributed by atoms with Crippen molar-refractivity contribution in [1.82, 2.24) is 16.0 Å². The Morgan fingerprint density at radius 3 is 2.24 bits per heavy atom. The van der Waals surface area contributed by atoms with Crippen LogP contribution in [0.2, 0.25) is 10.0 Å². The minimum atomic E-state index is -0.590. The Morgan fingerprint density at radius 2 is 1.66 bits per heavy atom. The Morgan fingerprint density at radius 1 is 1.00 bits per heavy atom. The van der Waals surface area contributed by atoms with Crippen molar-refractivity contribution in [3.63, 3.8) is 0 Å². The van der Waals surface area contributed by atoms with Crippen molar-refractivity contribution in [2.45, 2.75) is 13.1 Å². The summed E-state index contributed by atoms with van der Waals surface area (Å²) in [6.45, 7) is 0.813. The number of benzene rings is 2. The van der Waals surface area contributed by atoms with Gasteiger partial charge in [-0.1, -0.05) is 41.4 Å². The molecule has 0 fully saturated rings. The number of aliphatic imine (C=N–C) groups is 1. The van der Waals surface area contributed by atoms with E-state index in [0.29, 0.717) is 34.7 Å². The van der Waals surface area contributed by atoms with Gasteiger partial charge >= 0.3 is 0 Å². The molecule has 0 saturated carbocycles. The largest absolute Gasteiger partial charge is 0.368 e. The van der Waals surface area contributed by atoms with E-state index in [-0.39, 0.29) is 36.4 Å². The normalized spacial score (nSPS) is 10.7. The van der Waals surface area contributed by atoms with Crippen LogP contribution in [-0.4, -0.2) is 31.4 Å². The molecule has 156 valence electrons. The number of carbonyl (C=O) groups excluding carboxylic acids is 2. The van der Waals surface area contributed by atoms with Gasteiger partial charge in [0.05, 0.1) is 6.54 Å². The molecule has 0 unspecified atom stereocenters. The van der Waals surface area contributed by atoms with E-state index in [1.54, 1.807) is 31.3 Å². The number of nitrogens with two attached hydrogens (primary N) is 1.